The number of nitrogens with zero attached hydrogens (tertiary/aromatic N) is 3. The Morgan fingerprint density at radius 2 is 2.15 bits per heavy atom. The molecule has 1 N–H and O–H groups in total. The summed E-state index contributed by atoms with van der Waals surface area (Å²) in [5.41, 5.74) is 0.604. The highest BCUT2D eigenvalue weighted by molar-refractivity contribution is 5.84. The molecule has 0 aliphatic carbocycles. The van der Waals surface area contributed by atoms with Gasteiger partial charge in [0.1, 0.15) is 6.04 Å². The predicted octanol–water partition coefficient (Wildman–Crippen LogP) is 1.72. The van der Waals surface area contributed by atoms with Crippen molar-refractivity contribution in [3.63, 3.8) is 0 Å². The van der Waals surface area contributed by atoms with Crippen molar-refractivity contribution in [2.45, 2.75) is 32.7 Å². The number of aryl methyl sites for hydroxylation is 1. The molecule has 1 aliphatic rings. The van der Waals surface area contributed by atoms with E-state index < -0.39 is 11.0 Å². The summed E-state index contributed by atoms with van der Waals surface area (Å²) < 4.78 is 0. The van der Waals surface area contributed by atoms with Gasteiger partial charge in [-0.3, -0.25) is 14.9 Å². The molecule has 0 bridgehead atoms. The van der Waals surface area contributed by atoms with E-state index in [4.69, 9.17) is 0 Å². The van der Waals surface area contributed by atoms with E-state index in [2.05, 4.69) is 10.3 Å². The highest BCUT2D eigenvalue weighted by Gasteiger charge is 2.25. The second kappa shape index (κ2) is 5.85. The summed E-state index contributed by atoms with van der Waals surface area (Å²) in [6.07, 6.45) is 3.57. The van der Waals surface area contributed by atoms with Crippen LogP contribution in [0.1, 0.15) is 25.3 Å². The molecule has 108 valence electrons. The van der Waals surface area contributed by atoms with E-state index in [1.165, 1.54) is 6.07 Å². The minimum absolute atomic E-state index is 0.0424. The molecule has 1 aromatic heterocycles. The first-order valence-electron chi connectivity index (χ1n) is 6.65. The molecule has 0 aromatic carbocycles. The summed E-state index contributed by atoms with van der Waals surface area (Å²) in [6.45, 7) is 4.96. The van der Waals surface area contributed by atoms with Crippen LogP contribution < -0.4 is 5.32 Å². The van der Waals surface area contributed by atoms with Gasteiger partial charge in [0.15, 0.2) is 0 Å². The van der Waals surface area contributed by atoms with Gasteiger partial charge < -0.3 is 10.2 Å². The molecule has 1 saturated heterocycles. The molecule has 0 spiro atoms. The van der Waals surface area contributed by atoms with Crippen LogP contribution in [0.25, 0.3) is 0 Å². The Morgan fingerprint density at radius 1 is 1.50 bits per heavy atom. The number of carbonyl (C=O) groups is 1. The van der Waals surface area contributed by atoms with Gasteiger partial charge in [-0.25, -0.2) is 4.98 Å². The van der Waals surface area contributed by atoms with Gasteiger partial charge in [-0.05, 0) is 32.3 Å². The van der Waals surface area contributed by atoms with E-state index in [9.17, 15) is 14.9 Å². The van der Waals surface area contributed by atoms with Crippen molar-refractivity contribution in [3.8, 4) is 0 Å². The van der Waals surface area contributed by atoms with Crippen molar-refractivity contribution in [2.75, 3.05) is 18.4 Å². The van der Waals surface area contributed by atoms with Gasteiger partial charge in [0.25, 0.3) is 0 Å². The molecule has 7 nitrogen and oxygen atoms in total. The maximum atomic E-state index is 12.2. The van der Waals surface area contributed by atoms with Crippen molar-refractivity contribution in [3.05, 3.63) is 27.9 Å². The predicted molar refractivity (Wildman–Crippen MR) is 74.5 cm³/mol. The van der Waals surface area contributed by atoms with Crippen LogP contribution in [0.3, 0.4) is 0 Å². The molecule has 1 fully saturated rings. The Hall–Kier alpha value is -2.18. The molecule has 1 unspecified atom stereocenters. The minimum atomic E-state index is -0.526. The van der Waals surface area contributed by atoms with Crippen LogP contribution in [0.15, 0.2) is 12.3 Å². The molecule has 1 atom stereocenters. The van der Waals surface area contributed by atoms with Crippen molar-refractivity contribution in [1.29, 1.82) is 0 Å². The zero-order valence-corrected chi connectivity index (χ0v) is 11.6. The highest BCUT2D eigenvalue weighted by Crippen LogP contribution is 2.23. The van der Waals surface area contributed by atoms with E-state index in [1.54, 1.807) is 24.9 Å². The van der Waals surface area contributed by atoms with E-state index in [1.807, 2.05) is 0 Å². The number of carbonyl (C=O) groups excluding carboxylic acids is 1. The lowest BCUT2D eigenvalue weighted by atomic mass is 10.2. The first-order valence-corrected chi connectivity index (χ1v) is 6.65. The van der Waals surface area contributed by atoms with Gasteiger partial charge in [-0.1, -0.05) is 0 Å². The third-order valence-electron chi connectivity index (χ3n) is 3.34. The number of aromatic nitrogens is 1. The van der Waals surface area contributed by atoms with Crippen molar-refractivity contribution in [1.82, 2.24) is 9.88 Å². The number of anilines is 1. The molecule has 0 saturated carbocycles. The van der Waals surface area contributed by atoms with E-state index in [0.717, 1.165) is 25.9 Å². The highest BCUT2D eigenvalue weighted by atomic mass is 16.6. The largest absolute Gasteiger partial charge is 0.353 e. The number of pyridine rings is 1. The van der Waals surface area contributed by atoms with Crippen LogP contribution in [-0.4, -0.2) is 39.8 Å². The second-order valence-electron chi connectivity index (χ2n) is 5.04. The van der Waals surface area contributed by atoms with Gasteiger partial charge >= 0.3 is 5.69 Å². The molecular formula is C13H18N4O3. The Kier molecular flexibility index (Phi) is 4.16. The number of rotatable bonds is 4. The van der Waals surface area contributed by atoms with Crippen LogP contribution in [0.4, 0.5) is 11.5 Å². The van der Waals surface area contributed by atoms with Crippen LogP contribution in [0, 0.1) is 17.0 Å². The molecule has 1 aliphatic heterocycles. The van der Waals surface area contributed by atoms with Gasteiger partial charge in [0.05, 0.1) is 4.92 Å². The van der Waals surface area contributed by atoms with Gasteiger partial charge in [0, 0.05) is 25.4 Å². The lowest BCUT2D eigenvalue weighted by Gasteiger charge is -2.21. The summed E-state index contributed by atoms with van der Waals surface area (Å²) in [7, 11) is 0. The fraction of sp³-hybridized carbons (Fsp3) is 0.538. The Bertz CT molecular complexity index is 526. The lowest BCUT2D eigenvalue weighted by Crippen LogP contribution is -2.39. The average Bonchev–Trinajstić information content (AvgIpc) is 2.93. The quantitative estimate of drug-likeness (QED) is 0.669. The van der Waals surface area contributed by atoms with Crippen LogP contribution in [-0.2, 0) is 4.79 Å². The first kappa shape index (κ1) is 14.2. The smallest absolute Gasteiger partial charge is 0.311 e. The maximum absolute atomic E-state index is 12.2. The van der Waals surface area contributed by atoms with Crippen LogP contribution >= 0.6 is 0 Å². The van der Waals surface area contributed by atoms with Gasteiger partial charge in [-0.15, -0.1) is 0 Å². The number of hydrogen-bond acceptors (Lipinski definition) is 5. The SMILES string of the molecule is Cc1cnc(NC(C)C(=O)N2CCCC2)c([N+](=O)[O-])c1. The molecule has 2 rings (SSSR count). The molecule has 2 heterocycles. The van der Waals surface area contributed by atoms with Gasteiger partial charge in [0.2, 0.25) is 11.7 Å². The summed E-state index contributed by atoms with van der Waals surface area (Å²) >= 11 is 0. The number of nitrogens with one attached hydrogen (secondary N) is 1. The molecule has 7 heteroatoms. The summed E-state index contributed by atoms with van der Waals surface area (Å²) in [4.78, 5) is 28.5. The molecule has 1 amide bonds. The number of amides is 1. The zero-order chi connectivity index (χ0) is 14.7. The standard InChI is InChI=1S/C13H18N4O3/c1-9-7-11(17(19)20)12(14-8-9)15-10(2)13(18)16-5-3-4-6-16/h7-8,10H,3-6H2,1-2H3,(H,14,15). The second-order valence-corrected chi connectivity index (χ2v) is 5.04. The number of likely N-dealkylation sites (tertiary alicyclic amines) is 1. The van der Waals surface area contributed by atoms with Crippen LogP contribution in [0.5, 0.6) is 0 Å². The number of nitro groups is 1. The Labute approximate surface area is 117 Å². The van der Waals surface area contributed by atoms with Crippen molar-refractivity contribution < 1.29 is 9.72 Å². The van der Waals surface area contributed by atoms with E-state index in [-0.39, 0.29) is 17.4 Å². The number of hydrogen-bond donors (Lipinski definition) is 1. The Morgan fingerprint density at radius 3 is 2.75 bits per heavy atom. The lowest BCUT2D eigenvalue weighted by molar-refractivity contribution is -0.384. The van der Waals surface area contributed by atoms with E-state index in [0.29, 0.717) is 5.56 Å². The fourth-order valence-corrected chi connectivity index (χ4v) is 2.28. The third-order valence-corrected chi connectivity index (χ3v) is 3.34. The van der Waals surface area contributed by atoms with E-state index >= 15 is 0 Å². The summed E-state index contributed by atoms with van der Waals surface area (Å²) in [6, 6.07) is 0.921. The fourth-order valence-electron chi connectivity index (χ4n) is 2.28. The monoisotopic (exact) mass is 278 g/mol. The van der Waals surface area contributed by atoms with Crippen molar-refractivity contribution in [2.24, 2.45) is 0 Å². The molecule has 0 radical (unpaired) electrons. The summed E-state index contributed by atoms with van der Waals surface area (Å²) in [5.74, 6) is 0.0971. The van der Waals surface area contributed by atoms with Gasteiger partial charge in [-0.2, -0.15) is 0 Å². The minimum Gasteiger partial charge on any atom is -0.353 e. The Balaban J connectivity index is 2.12. The van der Waals surface area contributed by atoms with Crippen molar-refractivity contribution >= 4 is 17.4 Å². The molecule has 1 aromatic rings. The molecular weight excluding hydrogens is 260 g/mol. The third kappa shape index (κ3) is 3.04. The topological polar surface area (TPSA) is 88.4 Å². The maximum Gasteiger partial charge on any atom is 0.311 e. The first-order chi connectivity index (χ1) is 9.49. The zero-order valence-electron chi connectivity index (χ0n) is 11.6. The summed E-state index contributed by atoms with van der Waals surface area (Å²) in [5, 5.41) is 13.9. The normalized spacial score (nSPS) is 16.0. The average molecular weight is 278 g/mol. The van der Waals surface area contributed by atoms with Crippen LogP contribution in [0.2, 0.25) is 0 Å². The molecule has 20 heavy (non-hydrogen) atoms.